The van der Waals surface area contributed by atoms with Gasteiger partial charge in [0.1, 0.15) is 11.8 Å². The minimum atomic E-state index is -0.0714. The van der Waals surface area contributed by atoms with Gasteiger partial charge in [-0.3, -0.25) is 4.79 Å². The molecule has 0 unspecified atom stereocenters. The molecule has 1 fully saturated rings. The summed E-state index contributed by atoms with van der Waals surface area (Å²) in [6.45, 7) is 2.10. The molecule has 0 aliphatic carbocycles. The number of hydrogen-bond acceptors (Lipinski definition) is 7. The number of hydrogen-bond donors (Lipinski definition) is 0. The second-order valence-electron chi connectivity index (χ2n) is 6.23. The molecule has 3 heterocycles. The van der Waals surface area contributed by atoms with Crippen LogP contribution in [0.1, 0.15) is 5.69 Å². The Morgan fingerprint density at radius 2 is 1.93 bits per heavy atom. The van der Waals surface area contributed by atoms with Crippen molar-refractivity contribution in [3.8, 4) is 23.5 Å². The maximum Gasteiger partial charge on any atom is 0.266 e. The summed E-state index contributed by atoms with van der Waals surface area (Å²) in [5.41, 5.74) is 0.207. The van der Waals surface area contributed by atoms with Gasteiger partial charge in [0.25, 0.3) is 11.8 Å². The first-order valence-electron chi connectivity index (χ1n) is 8.90. The van der Waals surface area contributed by atoms with E-state index >= 15 is 0 Å². The summed E-state index contributed by atoms with van der Waals surface area (Å²) in [6, 6.07) is 14.8. The van der Waals surface area contributed by atoms with Crippen LogP contribution in [0, 0.1) is 11.3 Å². The SMILES string of the molecule is N#Cc1nc(-c2ccco2)oc1N1CCN(C(=O)COc2ccccc2)CC1. The number of carbonyl (C=O) groups excluding carboxylic acids is 1. The fourth-order valence-electron chi connectivity index (χ4n) is 3.02. The molecule has 142 valence electrons. The van der Waals surface area contributed by atoms with Gasteiger partial charge in [-0.25, -0.2) is 0 Å². The summed E-state index contributed by atoms with van der Waals surface area (Å²) < 4.78 is 16.6. The highest BCUT2D eigenvalue weighted by Gasteiger charge is 2.27. The molecule has 0 spiro atoms. The quantitative estimate of drug-likeness (QED) is 0.673. The summed E-state index contributed by atoms with van der Waals surface area (Å²) in [4.78, 5) is 20.2. The van der Waals surface area contributed by atoms with E-state index in [4.69, 9.17) is 13.6 Å². The number of amides is 1. The number of rotatable bonds is 5. The predicted molar refractivity (Wildman–Crippen MR) is 99.7 cm³/mol. The van der Waals surface area contributed by atoms with Crippen molar-refractivity contribution in [1.82, 2.24) is 9.88 Å². The number of nitrogens with zero attached hydrogens (tertiary/aromatic N) is 4. The highest BCUT2D eigenvalue weighted by atomic mass is 16.5. The molecule has 28 heavy (non-hydrogen) atoms. The van der Waals surface area contributed by atoms with Crippen LogP contribution in [0.3, 0.4) is 0 Å². The van der Waals surface area contributed by atoms with Gasteiger partial charge in [-0.2, -0.15) is 10.2 Å². The number of benzene rings is 1. The maximum atomic E-state index is 12.4. The fraction of sp³-hybridized carbons (Fsp3) is 0.250. The van der Waals surface area contributed by atoms with Gasteiger partial charge in [0.2, 0.25) is 11.6 Å². The smallest absolute Gasteiger partial charge is 0.266 e. The van der Waals surface area contributed by atoms with Crippen LogP contribution in [0.4, 0.5) is 5.88 Å². The molecule has 0 N–H and O–H groups in total. The third-order valence-corrected chi connectivity index (χ3v) is 4.47. The van der Waals surface area contributed by atoms with Gasteiger partial charge in [0, 0.05) is 26.2 Å². The normalized spacial score (nSPS) is 14.0. The summed E-state index contributed by atoms with van der Waals surface area (Å²) in [6.07, 6.45) is 1.52. The van der Waals surface area contributed by atoms with Crippen LogP contribution in [0.15, 0.2) is 57.6 Å². The van der Waals surface area contributed by atoms with E-state index in [9.17, 15) is 10.1 Å². The van der Waals surface area contributed by atoms with E-state index in [0.29, 0.717) is 43.6 Å². The summed E-state index contributed by atoms with van der Waals surface area (Å²) >= 11 is 0. The molecule has 1 saturated heterocycles. The Morgan fingerprint density at radius 1 is 1.14 bits per heavy atom. The Balaban J connectivity index is 1.36. The van der Waals surface area contributed by atoms with Crippen LogP contribution in [-0.2, 0) is 4.79 Å². The van der Waals surface area contributed by atoms with Crippen LogP contribution < -0.4 is 9.64 Å². The van der Waals surface area contributed by atoms with Crippen LogP contribution in [0.2, 0.25) is 0 Å². The van der Waals surface area contributed by atoms with Gasteiger partial charge < -0.3 is 23.4 Å². The molecule has 1 aliphatic heterocycles. The molecule has 1 amide bonds. The van der Waals surface area contributed by atoms with E-state index in [-0.39, 0.29) is 24.1 Å². The summed E-state index contributed by atoms with van der Waals surface area (Å²) in [7, 11) is 0. The van der Waals surface area contributed by atoms with Crippen LogP contribution >= 0.6 is 0 Å². The molecule has 0 radical (unpaired) electrons. The first-order chi connectivity index (χ1) is 13.7. The first-order valence-corrected chi connectivity index (χ1v) is 8.90. The van der Waals surface area contributed by atoms with E-state index < -0.39 is 0 Å². The number of oxazole rings is 1. The number of piperazine rings is 1. The van der Waals surface area contributed by atoms with Crippen molar-refractivity contribution >= 4 is 11.8 Å². The van der Waals surface area contributed by atoms with E-state index in [1.54, 1.807) is 17.0 Å². The highest BCUT2D eigenvalue weighted by molar-refractivity contribution is 5.78. The Bertz CT molecular complexity index is 968. The number of nitriles is 1. The molecule has 4 rings (SSSR count). The van der Waals surface area contributed by atoms with Crippen molar-refractivity contribution in [3.05, 3.63) is 54.4 Å². The molecule has 0 bridgehead atoms. The number of para-hydroxylation sites is 1. The molecule has 1 aliphatic rings. The van der Waals surface area contributed by atoms with E-state index in [0.717, 1.165) is 0 Å². The van der Waals surface area contributed by atoms with E-state index in [2.05, 4.69) is 11.1 Å². The van der Waals surface area contributed by atoms with Gasteiger partial charge in [0.15, 0.2) is 12.4 Å². The lowest BCUT2D eigenvalue weighted by atomic mass is 10.3. The van der Waals surface area contributed by atoms with Gasteiger partial charge >= 0.3 is 0 Å². The molecule has 8 heteroatoms. The second kappa shape index (κ2) is 7.88. The van der Waals surface area contributed by atoms with Crippen molar-refractivity contribution in [2.75, 3.05) is 37.7 Å². The van der Waals surface area contributed by atoms with Crippen molar-refractivity contribution in [1.29, 1.82) is 5.26 Å². The standard InChI is InChI=1S/C20H18N4O4/c21-13-16-20(28-19(22-16)17-7-4-12-26-17)24-10-8-23(9-11-24)18(25)14-27-15-5-2-1-3-6-15/h1-7,12H,8-11,14H2. The molecule has 2 aromatic heterocycles. The number of aromatic nitrogens is 1. The van der Waals surface area contributed by atoms with Crippen LogP contribution in [-0.4, -0.2) is 48.6 Å². The van der Waals surface area contributed by atoms with Crippen molar-refractivity contribution in [2.24, 2.45) is 0 Å². The number of ether oxygens (including phenoxy) is 1. The molecular formula is C20H18N4O4. The van der Waals surface area contributed by atoms with E-state index in [1.807, 2.05) is 35.2 Å². The zero-order valence-corrected chi connectivity index (χ0v) is 15.1. The number of anilines is 1. The largest absolute Gasteiger partial charge is 0.484 e. The third-order valence-electron chi connectivity index (χ3n) is 4.47. The number of carbonyl (C=O) groups is 1. The van der Waals surface area contributed by atoms with Gasteiger partial charge in [0.05, 0.1) is 6.26 Å². The van der Waals surface area contributed by atoms with Crippen LogP contribution in [0.5, 0.6) is 5.75 Å². The lowest BCUT2D eigenvalue weighted by Crippen LogP contribution is -2.50. The Hall–Kier alpha value is -3.73. The van der Waals surface area contributed by atoms with E-state index in [1.165, 1.54) is 6.26 Å². The minimum Gasteiger partial charge on any atom is -0.484 e. The zero-order valence-electron chi connectivity index (χ0n) is 15.1. The monoisotopic (exact) mass is 378 g/mol. The second-order valence-corrected chi connectivity index (χ2v) is 6.23. The average molecular weight is 378 g/mol. The Morgan fingerprint density at radius 3 is 2.61 bits per heavy atom. The van der Waals surface area contributed by atoms with Gasteiger partial charge in [-0.15, -0.1) is 0 Å². The fourth-order valence-corrected chi connectivity index (χ4v) is 3.02. The molecule has 3 aromatic rings. The number of furan rings is 1. The Labute approximate surface area is 161 Å². The topological polar surface area (TPSA) is 95.7 Å². The predicted octanol–water partition coefficient (Wildman–Crippen LogP) is 2.53. The minimum absolute atomic E-state index is 0.00158. The zero-order chi connectivity index (χ0) is 19.3. The molecule has 8 nitrogen and oxygen atoms in total. The van der Waals surface area contributed by atoms with Crippen molar-refractivity contribution < 1.29 is 18.4 Å². The lowest BCUT2D eigenvalue weighted by Gasteiger charge is -2.34. The summed E-state index contributed by atoms with van der Waals surface area (Å²) in [5.74, 6) is 1.74. The molecule has 0 saturated carbocycles. The van der Waals surface area contributed by atoms with Crippen molar-refractivity contribution in [3.63, 3.8) is 0 Å². The first kappa shape index (κ1) is 17.7. The maximum absolute atomic E-state index is 12.4. The third kappa shape index (κ3) is 3.69. The van der Waals surface area contributed by atoms with Crippen molar-refractivity contribution in [2.45, 2.75) is 0 Å². The highest BCUT2D eigenvalue weighted by Crippen LogP contribution is 2.29. The van der Waals surface area contributed by atoms with Gasteiger partial charge in [-0.05, 0) is 24.3 Å². The molecule has 0 atom stereocenters. The molecular weight excluding hydrogens is 360 g/mol. The average Bonchev–Trinajstić information content (AvgIpc) is 3.42. The Kier molecular flexibility index (Phi) is 4.97. The molecule has 1 aromatic carbocycles. The van der Waals surface area contributed by atoms with Crippen LogP contribution in [0.25, 0.3) is 11.7 Å². The summed E-state index contributed by atoms with van der Waals surface area (Å²) in [5, 5.41) is 9.37. The van der Waals surface area contributed by atoms with Gasteiger partial charge in [-0.1, -0.05) is 18.2 Å². The lowest BCUT2D eigenvalue weighted by molar-refractivity contribution is -0.133.